The lowest BCUT2D eigenvalue weighted by molar-refractivity contribution is -0.129. The van der Waals surface area contributed by atoms with Gasteiger partial charge in [-0.3, -0.25) is 9.59 Å². The Morgan fingerprint density at radius 1 is 1.17 bits per heavy atom. The van der Waals surface area contributed by atoms with Crippen LogP contribution in [0.25, 0.3) is 0 Å². The summed E-state index contributed by atoms with van der Waals surface area (Å²) in [5.41, 5.74) is 0.643. The maximum Gasteiger partial charge on any atom is 0.229 e. The van der Waals surface area contributed by atoms with Crippen molar-refractivity contribution >= 4 is 17.5 Å². The molecule has 1 atom stereocenters. The summed E-state index contributed by atoms with van der Waals surface area (Å²) >= 11 is 0. The van der Waals surface area contributed by atoms with Crippen molar-refractivity contribution in [2.24, 2.45) is 5.92 Å². The Morgan fingerprint density at radius 2 is 1.88 bits per heavy atom. The highest BCUT2D eigenvalue weighted by molar-refractivity contribution is 5.97. The summed E-state index contributed by atoms with van der Waals surface area (Å²) in [7, 11) is 3.12. The van der Waals surface area contributed by atoms with E-state index in [-0.39, 0.29) is 17.7 Å². The second-order valence-corrected chi connectivity index (χ2v) is 6.44. The molecule has 2 aliphatic rings. The van der Waals surface area contributed by atoms with Crippen LogP contribution < -0.4 is 14.8 Å². The van der Waals surface area contributed by atoms with E-state index in [0.29, 0.717) is 36.2 Å². The molecular formula is C18H24N2O4. The minimum absolute atomic E-state index is 0.106. The number of rotatable bonds is 5. The largest absolute Gasteiger partial charge is 0.493 e. The zero-order valence-corrected chi connectivity index (χ0v) is 14.2. The Kier molecular flexibility index (Phi) is 4.92. The first-order chi connectivity index (χ1) is 11.6. The van der Waals surface area contributed by atoms with Gasteiger partial charge in [0, 0.05) is 30.8 Å². The van der Waals surface area contributed by atoms with Crippen molar-refractivity contribution in [1.82, 2.24) is 4.90 Å². The number of hydrogen-bond donors (Lipinski definition) is 1. The Hall–Kier alpha value is -2.24. The summed E-state index contributed by atoms with van der Waals surface area (Å²) in [4.78, 5) is 26.6. The fourth-order valence-corrected chi connectivity index (χ4v) is 3.63. The van der Waals surface area contributed by atoms with E-state index in [9.17, 15) is 9.59 Å². The number of likely N-dealkylation sites (tertiary alicyclic amines) is 1. The number of carbonyl (C=O) groups excluding carboxylic acids is 2. The average molecular weight is 332 g/mol. The highest BCUT2D eigenvalue weighted by Gasteiger charge is 2.38. The van der Waals surface area contributed by atoms with Crippen molar-refractivity contribution < 1.29 is 19.1 Å². The van der Waals surface area contributed by atoms with Gasteiger partial charge in [-0.05, 0) is 25.0 Å². The first-order valence-electron chi connectivity index (χ1n) is 8.44. The second kappa shape index (κ2) is 7.11. The highest BCUT2D eigenvalue weighted by Crippen LogP contribution is 2.32. The first-order valence-corrected chi connectivity index (χ1v) is 8.44. The molecule has 1 aromatic carbocycles. The Balaban J connectivity index is 1.64. The molecule has 1 saturated carbocycles. The van der Waals surface area contributed by atoms with Crippen LogP contribution in [0.2, 0.25) is 0 Å². The molecule has 6 nitrogen and oxygen atoms in total. The number of amides is 2. The number of carbonyl (C=O) groups is 2. The average Bonchev–Trinajstić information content (AvgIpc) is 3.23. The van der Waals surface area contributed by atoms with E-state index in [2.05, 4.69) is 5.32 Å². The number of methoxy groups -OCH3 is 2. The van der Waals surface area contributed by atoms with Crippen molar-refractivity contribution in [3.05, 3.63) is 18.2 Å². The zero-order chi connectivity index (χ0) is 17.1. The van der Waals surface area contributed by atoms with E-state index in [1.165, 1.54) is 12.8 Å². The maximum atomic E-state index is 12.5. The van der Waals surface area contributed by atoms with E-state index in [1.807, 2.05) is 4.90 Å². The fraction of sp³-hybridized carbons (Fsp3) is 0.556. The van der Waals surface area contributed by atoms with Gasteiger partial charge in [-0.25, -0.2) is 0 Å². The van der Waals surface area contributed by atoms with Crippen LogP contribution in [0.4, 0.5) is 5.69 Å². The predicted octanol–water partition coefficient (Wildman–Crippen LogP) is 2.43. The third kappa shape index (κ3) is 3.32. The van der Waals surface area contributed by atoms with Crippen LogP contribution in [0.3, 0.4) is 0 Å². The van der Waals surface area contributed by atoms with Crippen molar-refractivity contribution in [3.8, 4) is 11.5 Å². The van der Waals surface area contributed by atoms with Crippen molar-refractivity contribution in [2.75, 3.05) is 26.1 Å². The molecule has 2 amide bonds. The number of nitrogens with zero attached hydrogens (tertiary/aromatic N) is 1. The van der Waals surface area contributed by atoms with Gasteiger partial charge in [-0.2, -0.15) is 0 Å². The predicted molar refractivity (Wildman–Crippen MR) is 90.3 cm³/mol. The number of benzene rings is 1. The number of anilines is 1. The topological polar surface area (TPSA) is 67.9 Å². The summed E-state index contributed by atoms with van der Waals surface area (Å²) < 4.78 is 10.4. The molecule has 24 heavy (non-hydrogen) atoms. The van der Waals surface area contributed by atoms with Gasteiger partial charge in [0.05, 0.1) is 20.1 Å². The van der Waals surface area contributed by atoms with Crippen molar-refractivity contribution in [1.29, 1.82) is 0 Å². The Morgan fingerprint density at radius 3 is 2.54 bits per heavy atom. The molecular weight excluding hydrogens is 308 g/mol. The van der Waals surface area contributed by atoms with Crippen LogP contribution >= 0.6 is 0 Å². The van der Waals surface area contributed by atoms with Crippen LogP contribution in [0.15, 0.2) is 18.2 Å². The summed E-state index contributed by atoms with van der Waals surface area (Å²) in [6.45, 7) is 0.530. The molecule has 1 aromatic rings. The molecule has 0 unspecified atom stereocenters. The van der Waals surface area contributed by atoms with Crippen LogP contribution in [0.5, 0.6) is 11.5 Å². The Bertz CT molecular complexity index is 625. The Labute approximate surface area is 142 Å². The van der Waals surface area contributed by atoms with E-state index in [4.69, 9.17) is 9.47 Å². The molecule has 0 radical (unpaired) electrons. The standard InChI is InChI=1S/C18H24N2O4/c1-23-15-8-7-13(10-16(15)24-2)19-18(22)12-9-17(21)20(11-12)14-5-3-4-6-14/h7-8,10,12,14H,3-6,9,11H2,1-2H3,(H,19,22)/t12-/m0/s1. The number of nitrogens with one attached hydrogen (secondary N) is 1. The molecule has 1 heterocycles. The lowest BCUT2D eigenvalue weighted by Crippen LogP contribution is -2.35. The quantitative estimate of drug-likeness (QED) is 0.899. The monoisotopic (exact) mass is 332 g/mol. The maximum absolute atomic E-state index is 12.5. The van der Waals surface area contributed by atoms with Gasteiger partial charge in [-0.1, -0.05) is 12.8 Å². The smallest absolute Gasteiger partial charge is 0.229 e. The minimum Gasteiger partial charge on any atom is -0.493 e. The first kappa shape index (κ1) is 16.6. The molecule has 130 valence electrons. The van der Waals surface area contributed by atoms with E-state index in [0.717, 1.165) is 12.8 Å². The SMILES string of the molecule is COc1ccc(NC(=O)[C@H]2CC(=O)N(C3CCCC3)C2)cc1OC. The molecule has 0 spiro atoms. The van der Waals surface area contributed by atoms with Gasteiger partial charge in [0.2, 0.25) is 11.8 Å². The normalized spacial score (nSPS) is 21.2. The lowest BCUT2D eigenvalue weighted by Gasteiger charge is -2.23. The fourth-order valence-electron chi connectivity index (χ4n) is 3.63. The van der Waals surface area contributed by atoms with Gasteiger partial charge >= 0.3 is 0 Å². The summed E-state index contributed by atoms with van der Waals surface area (Å²) in [6, 6.07) is 5.57. The summed E-state index contributed by atoms with van der Waals surface area (Å²) in [5.74, 6) is 0.876. The third-order valence-electron chi connectivity index (χ3n) is 4.95. The van der Waals surface area contributed by atoms with E-state index < -0.39 is 0 Å². The summed E-state index contributed by atoms with van der Waals surface area (Å²) in [6.07, 6.45) is 4.79. The minimum atomic E-state index is -0.286. The molecule has 1 aliphatic carbocycles. The molecule has 6 heteroatoms. The third-order valence-corrected chi connectivity index (χ3v) is 4.95. The molecule has 0 bridgehead atoms. The van der Waals surface area contributed by atoms with E-state index in [1.54, 1.807) is 32.4 Å². The zero-order valence-electron chi connectivity index (χ0n) is 14.2. The second-order valence-electron chi connectivity index (χ2n) is 6.44. The van der Waals surface area contributed by atoms with Crippen molar-refractivity contribution in [3.63, 3.8) is 0 Å². The van der Waals surface area contributed by atoms with Gasteiger partial charge < -0.3 is 19.7 Å². The molecule has 1 saturated heterocycles. The van der Waals surface area contributed by atoms with Crippen LogP contribution in [-0.2, 0) is 9.59 Å². The highest BCUT2D eigenvalue weighted by atomic mass is 16.5. The number of ether oxygens (including phenoxy) is 2. The molecule has 2 fully saturated rings. The van der Waals surface area contributed by atoms with Gasteiger partial charge in [0.1, 0.15) is 0 Å². The summed E-state index contributed by atoms with van der Waals surface area (Å²) in [5, 5.41) is 2.89. The van der Waals surface area contributed by atoms with Crippen molar-refractivity contribution in [2.45, 2.75) is 38.1 Å². The van der Waals surface area contributed by atoms with E-state index >= 15 is 0 Å². The molecule has 1 N–H and O–H groups in total. The number of hydrogen-bond acceptors (Lipinski definition) is 4. The van der Waals surface area contributed by atoms with Gasteiger partial charge in [0.25, 0.3) is 0 Å². The molecule has 0 aromatic heterocycles. The molecule has 3 rings (SSSR count). The molecule has 1 aliphatic heterocycles. The van der Waals surface area contributed by atoms with Gasteiger partial charge in [-0.15, -0.1) is 0 Å². The van der Waals surface area contributed by atoms with Crippen LogP contribution in [0.1, 0.15) is 32.1 Å². The van der Waals surface area contributed by atoms with Crippen LogP contribution in [-0.4, -0.2) is 43.5 Å². The van der Waals surface area contributed by atoms with Gasteiger partial charge in [0.15, 0.2) is 11.5 Å². The van der Waals surface area contributed by atoms with Crippen LogP contribution in [0, 0.1) is 5.92 Å². The lowest BCUT2D eigenvalue weighted by atomic mass is 10.1.